The van der Waals surface area contributed by atoms with Gasteiger partial charge in [0.15, 0.2) is 0 Å². The summed E-state index contributed by atoms with van der Waals surface area (Å²) in [6, 6.07) is 21.0. The molecule has 2 heterocycles. The summed E-state index contributed by atoms with van der Waals surface area (Å²) < 4.78 is 7.16. The highest BCUT2D eigenvalue weighted by Gasteiger charge is 2.16. The first kappa shape index (κ1) is 21.8. The summed E-state index contributed by atoms with van der Waals surface area (Å²) in [7, 11) is 1.63. The van der Waals surface area contributed by atoms with Gasteiger partial charge in [-0.25, -0.2) is 4.98 Å². The molecular weight excluding hydrogens is 398 g/mol. The van der Waals surface area contributed by atoms with Gasteiger partial charge in [0, 0.05) is 31.8 Å². The van der Waals surface area contributed by atoms with Crippen LogP contribution in [0.2, 0.25) is 0 Å². The molecule has 1 N–H and O–H groups in total. The van der Waals surface area contributed by atoms with Gasteiger partial charge >= 0.3 is 0 Å². The maximum absolute atomic E-state index is 12.4. The summed E-state index contributed by atoms with van der Waals surface area (Å²) >= 11 is 0. The lowest BCUT2D eigenvalue weighted by Gasteiger charge is -2.09. The molecule has 2 aromatic carbocycles. The maximum Gasteiger partial charge on any atom is 0.220 e. The molecule has 0 saturated heterocycles. The van der Waals surface area contributed by atoms with Crippen molar-refractivity contribution in [1.82, 2.24) is 14.7 Å². The number of ether oxygens (including phenoxy) is 1. The average Bonchev–Trinajstić information content (AvgIpc) is 3.16. The number of carbonyl (C=O) groups excluding carboxylic acids is 1. The second-order valence-corrected chi connectivity index (χ2v) is 8.13. The van der Waals surface area contributed by atoms with Crippen molar-refractivity contribution in [3.8, 4) is 22.4 Å². The molecule has 0 unspecified atom stereocenters. The standard InChI is InChI=1S/C27H29N3O2/c1-19-7-9-21(10-8-19)27-24(12-14-26(31)28-15-16-32-3)30-18-23(11-13-25(30)29-27)22-6-4-5-20(2)17-22/h4-11,13,17-18H,12,14-16H2,1-3H3,(H,28,31). The van der Waals surface area contributed by atoms with E-state index in [1.807, 2.05) is 0 Å². The monoisotopic (exact) mass is 427 g/mol. The summed E-state index contributed by atoms with van der Waals surface area (Å²) in [6.07, 6.45) is 3.12. The van der Waals surface area contributed by atoms with Gasteiger partial charge in [0.25, 0.3) is 0 Å². The molecular formula is C27H29N3O2. The Morgan fingerprint density at radius 1 is 0.969 bits per heavy atom. The van der Waals surface area contributed by atoms with Crippen LogP contribution in [0.5, 0.6) is 0 Å². The van der Waals surface area contributed by atoms with E-state index < -0.39 is 0 Å². The lowest BCUT2D eigenvalue weighted by atomic mass is 10.0. The Bertz CT molecular complexity index is 1230. The fourth-order valence-electron chi connectivity index (χ4n) is 3.88. The summed E-state index contributed by atoms with van der Waals surface area (Å²) in [5, 5.41) is 2.91. The van der Waals surface area contributed by atoms with Crippen LogP contribution < -0.4 is 5.32 Å². The van der Waals surface area contributed by atoms with Gasteiger partial charge in [-0.2, -0.15) is 0 Å². The van der Waals surface area contributed by atoms with Crippen LogP contribution in [0.3, 0.4) is 0 Å². The Labute approximate surface area is 189 Å². The van der Waals surface area contributed by atoms with E-state index in [0.717, 1.165) is 28.2 Å². The Hall–Kier alpha value is -3.44. The van der Waals surface area contributed by atoms with Crippen LogP contribution in [0.25, 0.3) is 28.0 Å². The lowest BCUT2D eigenvalue weighted by molar-refractivity contribution is -0.121. The number of carbonyl (C=O) groups is 1. The zero-order chi connectivity index (χ0) is 22.5. The van der Waals surface area contributed by atoms with Gasteiger partial charge in [-0.15, -0.1) is 0 Å². The summed E-state index contributed by atoms with van der Waals surface area (Å²) in [6.45, 7) is 5.20. The number of nitrogens with zero attached hydrogens (tertiary/aromatic N) is 2. The molecule has 0 saturated carbocycles. The van der Waals surface area contributed by atoms with Gasteiger partial charge in [-0.1, -0.05) is 59.7 Å². The minimum Gasteiger partial charge on any atom is -0.383 e. The van der Waals surface area contributed by atoms with Crippen LogP contribution in [0.1, 0.15) is 23.2 Å². The normalized spacial score (nSPS) is 11.1. The number of aromatic nitrogens is 2. The zero-order valence-electron chi connectivity index (χ0n) is 18.9. The van der Waals surface area contributed by atoms with Gasteiger partial charge < -0.3 is 14.5 Å². The van der Waals surface area contributed by atoms with E-state index in [2.05, 4.69) is 90.4 Å². The van der Waals surface area contributed by atoms with Gasteiger partial charge in [-0.05, 0) is 43.5 Å². The van der Waals surface area contributed by atoms with E-state index in [9.17, 15) is 4.79 Å². The number of hydrogen-bond donors (Lipinski definition) is 1. The van der Waals surface area contributed by atoms with E-state index in [4.69, 9.17) is 9.72 Å². The lowest BCUT2D eigenvalue weighted by Crippen LogP contribution is -2.27. The van der Waals surface area contributed by atoms with Gasteiger partial charge in [0.05, 0.1) is 18.0 Å². The molecule has 2 aromatic heterocycles. The molecule has 0 aliphatic rings. The molecule has 1 amide bonds. The number of amides is 1. The number of rotatable bonds is 8. The molecule has 0 radical (unpaired) electrons. The summed E-state index contributed by atoms with van der Waals surface area (Å²) in [5.41, 5.74) is 8.63. The predicted octanol–water partition coefficient (Wildman–Crippen LogP) is 4.98. The topological polar surface area (TPSA) is 55.6 Å². The van der Waals surface area contributed by atoms with Gasteiger partial charge in [0.1, 0.15) is 5.65 Å². The fraction of sp³-hybridized carbons (Fsp3) is 0.259. The van der Waals surface area contributed by atoms with Crippen LogP contribution in [0, 0.1) is 13.8 Å². The van der Waals surface area contributed by atoms with Gasteiger partial charge in [-0.3, -0.25) is 4.79 Å². The van der Waals surface area contributed by atoms with Crippen molar-refractivity contribution < 1.29 is 9.53 Å². The first-order chi connectivity index (χ1) is 15.5. The Morgan fingerprint density at radius 2 is 1.75 bits per heavy atom. The van der Waals surface area contributed by atoms with Crippen molar-refractivity contribution in [2.24, 2.45) is 0 Å². The fourth-order valence-corrected chi connectivity index (χ4v) is 3.88. The SMILES string of the molecule is COCCNC(=O)CCc1c(-c2ccc(C)cc2)nc2ccc(-c3cccc(C)c3)cn12. The maximum atomic E-state index is 12.4. The van der Waals surface area contributed by atoms with E-state index >= 15 is 0 Å². The zero-order valence-corrected chi connectivity index (χ0v) is 18.9. The molecule has 5 nitrogen and oxygen atoms in total. The molecule has 4 rings (SSSR count). The van der Waals surface area contributed by atoms with E-state index in [1.54, 1.807) is 7.11 Å². The third-order valence-electron chi connectivity index (χ3n) is 5.61. The Balaban J connectivity index is 1.73. The van der Waals surface area contributed by atoms with E-state index in [0.29, 0.717) is 26.0 Å². The second-order valence-electron chi connectivity index (χ2n) is 8.13. The molecule has 0 atom stereocenters. The molecule has 0 bridgehead atoms. The first-order valence-corrected chi connectivity index (χ1v) is 11.0. The number of hydrogen-bond acceptors (Lipinski definition) is 3. The van der Waals surface area contributed by atoms with Crippen LogP contribution in [0.4, 0.5) is 0 Å². The highest BCUT2D eigenvalue weighted by molar-refractivity contribution is 5.77. The Morgan fingerprint density at radius 3 is 2.50 bits per heavy atom. The molecule has 0 fully saturated rings. The van der Waals surface area contributed by atoms with Crippen LogP contribution in [0.15, 0.2) is 66.9 Å². The highest BCUT2D eigenvalue weighted by Crippen LogP contribution is 2.28. The van der Waals surface area contributed by atoms with Crippen molar-refractivity contribution in [2.75, 3.05) is 20.3 Å². The van der Waals surface area contributed by atoms with Gasteiger partial charge in [0.2, 0.25) is 5.91 Å². The summed E-state index contributed by atoms with van der Waals surface area (Å²) in [5.74, 6) is 0.0155. The Kier molecular flexibility index (Phi) is 6.66. The third-order valence-corrected chi connectivity index (χ3v) is 5.61. The molecule has 32 heavy (non-hydrogen) atoms. The van der Waals surface area contributed by atoms with Crippen molar-refractivity contribution in [1.29, 1.82) is 0 Å². The smallest absolute Gasteiger partial charge is 0.220 e. The minimum atomic E-state index is 0.0155. The summed E-state index contributed by atoms with van der Waals surface area (Å²) in [4.78, 5) is 17.3. The number of methoxy groups -OCH3 is 1. The first-order valence-electron chi connectivity index (χ1n) is 11.0. The quantitative estimate of drug-likeness (QED) is 0.404. The largest absolute Gasteiger partial charge is 0.383 e. The number of nitrogens with one attached hydrogen (secondary N) is 1. The predicted molar refractivity (Wildman–Crippen MR) is 129 cm³/mol. The number of imidazole rings is 1. The highest BCUT2D eigenvalue weighted by atomic mass is 16.5. The third kappa shape index (κ3) is 4.89. The van der Waals surface area contributed by atoms with Crippen LogP contribution in [-0.4, -0.2) is 35.6 Å². The molecule has 0 spiro atoms. The van der Waals surface area contributed by atoms with Crippen molar-refractivity contribution in [2.45, 2.75) is 26.7 Å². The molecule has 4 aromatic rings. The van der Waals surface area contributed by atoms with Crippen LogP contribution in [-0.2, 0) is 16.0 Å². The second kappa shape index (κ2) is 9.79. The molecule has 164 valence electrons. The minimum absolute atomic E-state index is 0.0155. The van der Waals surface area contributed by atoms with Crippen LogP contribution >= 0.6 is 0 Å². The molecule has 5 heteroatoms. The number of aryl methyl sites for hydroxylation is 3. The average molecular weight is 428 g/mol. The molecule has 0 aliphatic heterocycles. The number of pyridine rings is 1. The molecule has 0 aliphatic carbocycles. The van der Waals surface area contributed by atoms with E-state index in [1.165, 1.54) is 16.7 Å². The van der Waals surface area contributed by atoms with E-state index in [-0.39, 0.29) is 5.91 Å². The number of benzene rings is 2. The number of fused-ring (bicyclic) bond motifs is 1. The van der Waals surface area contributed by atoms with Crippen molar-refractivity contribution in [3.05, 3.63) is 83.7 Å². The van der Waals surface area contributed by atoms with Crippen molar-refractivity contribution in [3.63, 3.8) is 0 Å². The van der Waals surface area contributed by atoms with Crippen molar-refractivity contribution >= 4 is 11.6 Å².